The summed E-state index contributed by atoms with van der Waals surface area (Å²) in [6.45, 7) is 3.95. The van der Waals surface area contributed by atoms with Crippen LogP contribution in [-0.4, -0.2) is 27.9 Å². The molecule has 30 heavy (non-hydrogen) atoms. The van der Waals surface area contributed by atoms with Gasteiger partial charge in [-0.2, -0.15) is 0 Å². The number of ether oxygens (including phenoxy) is 1. The van der Waals surface area contributed by atoms with Crippen LogP contribution in [0.15, 0.2) is 48.2 Å². The zero-order valence-electron chi connectivity index (χ0n) is 16.4. The number of carbonyl (C=O) groups excluding carboxylic acids is 2. The summed E-state index contributed by atoms with van der Waals surface area (Å²) in [4.78, 5) is 36.2. The van der Waals surface area contributed by atoms with Gasteiger partial charge in [-0.3, -0.25) is 19.8 Å². The Balaban J connectivity index is 1.74. The summed E-state index contributed by atoms with van der Waals surface area (Å²) in [5, 5.41) is 13.7. The number of hydrogen-bond donors (Lipinski definition) is 1. The van der Waals surface area contributed by atoms with Crippen LogP contribution in [0.1, 0.15) is 31.4 Å². The van der Waals surface area contributed by atoms with E-state index in [0.717, 1.165) is 11.3 Å². The van der Waals surface area contributed by atoms with Crippen LogP contribution in [0.2, 0.25) is 5.02 Å². The number of non-ortho nitro benzene ring substituents is 1. The minimum atomic E-state index is -0.563. The molecule has 1 fully saturated rings. The van der Waals surface area contributed by atoms with Gasteiger partial charge in [0.05, 0.1) is 22.6 Å². The first-order valence-electron chi connectivity index (χ1n) is 9.32. The average Bonchev–Trinajstić information content (AvgIpc) is 2.97. The molecular weight excluding hydrogens is 410 g/mol. The van der Waals surface area contributed by atoms with Gasteiger partial charge in [-0.15, -0.1) is 0 Å². The summed E-state index contributed by atoms with van der Waals surface area (Å²) >= 11 is 6.27. The molecule has 1 saturated heterocycles. The maximum Gasteiger partial charge on any atom is 0.329 e. The summed E-state index contributed by atoms with van der Waals surface area (Å²) in [7, 11) is 0. The third kappa shape index (κ3) is 4.77. The number of rotatable bonds is 7. The van der Waals surface area contributed by atoms with Gasteiger partial charge in [0.15, 0.2) is 0 Å². The van der Waals surface area contributed by atoms with E-state index in [4.69, 9.17) is 16.3 Å². The van der Waals surface area contributed by atoms with Gasteiger partial charge in [0, 0.05) is 12.1 Å². The molecule has 8 nitrogen and oxygen atoms in total. The molecule has 0 spiro atoms. The lowest BCUT2D eigenvalue weighted by atomic mass is 10.1. The van der Waals surface area contributed by atoms with Crippen LogP contribution < -0.4 is 10.1 Å². The van der Waals surface area contributed by atoms with E-state index in [1.165, 1.54) is 30.3 Å². The number of amides is 3. The van der Waals surface area contributed by atoms with Crippen molar-refractivity contribution in [3.8, 4) is 5.75 Å². The van der Waals surface area contributed by atoms with E-state index >= 15 is 0 Å². The predicted molar refractivity (Wildman–Crippen MR) is 112 cm³/mol. The Morgan fingerprint density at radius 3 is 2.53 bits per heavy atom. The molecule has 0 aromatic heterocycles. The van der Waals surface area contributed by atoms with Gasteiger partial charge in [0.1, 0.15) is 11.4 Å². The van der Waals surface area contributed by atoms with Crippen LogP contribution in [0, 0.1) is 10.1 Å². The molecule has 0 saturated carbocycles. The SMILES string of the molecule is CC[C@H](C)Oc1ccc(/C=C2\NC(=O)N(Cc3ccc([N+](=O)[O-])cc3)C2=O)cc1Cl. The second kappa shape index (κ2) is 8.96. The Morgan fingerprint density at radius 2 is 1.93 bits per heavy atom. The topological polar surface area (TPSA) is 102 Å². The molecule has 0 aliphatic carbocycles. The third-order valence-electron chi connectivity index (χ3n) is 4.62. The number of imide groups is 1. The zero-order valence-corrected chi connectivity index (χ0v) is 17.2. The van der Waals surface area contributed by atoms with Crippen LogP contribution in [0.5, 0.6) is 5.75 Å². The van der Waals surface area contributed by atoms with Crippen molar-refractivity contribution in [3.05, 3.63) is 74.4 Å². The summed E-state index contributed by atoms with van der Waals surface area (Å²) in [6.07, 6.45) is 2.40. The minimum Gasteiger partial charge on any atom is -0.489 e. The maximum absolute atomic E-state index is 12.6. The molecule has 0 unspecified atom stereocenters. The summed E-state index contributed by atoms with van der Waals surface area (Å²) < 4.78 is 5.72. The Labute approximate surface area is 178 Å². The second-order valence-electron chi connectivity index (χ2n) is 6.83. The molecule has 0 bridgehead atoms. The number of nitro groups is 1. The second-order valence-corrected chi connectivity index (χ2v) is 7.24. The number of halogens is 1. The van der Waals surface area contributed by atoms with Crippen LogP contribution in [-0.2, 0) is 11.3 Å². The molecule has 1 heterocycles. The number of benzene rings is 2. The van der Waals surface area contributed by atoms with E-state index in [2.05, 4.69) is 5.32 Å². The van der Waals surface area contributed by atoms with Gasteiger partial charge in [-0.25, -0.2) is 4.79 Å². The van der Waals surface area contributed by atoms with Crippen LogP contribution >= 0.6 is 11.6 Å². The first kappa shape index (κ1) is 21.3. The van der Waals surface area contributed by atoms with Crippen molar-refractivity contribution in [1.29, 1.82) is 0 Å². The average molecular weight is 430 g/mol. The highest BCUT2D eigenvalue weighted by Gasteiger charge is 2.33. The fourth-order valence-electron chi connectivity index (χ4n) is 2.79. The van der Waals surface area contributed by atoms with Gasteiger partial charge >= 0.3 is 6.03 Å². The highest BCUT2D eigenvalue weighted by molar-refractivity contribution is 6.32. The van der Waals surface area contributed by atoms with E-state index in [0.29, 0.717) is 21.9 Å². The molecule has 3 rings (SSSR count). The quantitative estimate of drug-likeness (QED) is 0.302. The zero-order chi connectivity index (χ0) is 21.8. The first-order chi connectivity index (χ1) is 14.3. The fourth-order valence-corrected chi connectivity index (χ4v) is 3.02. The van der Waals surface area contributed by atoms with Gasteiger partial charge in [0.25, 0.3) is 11.6 Å². The summed E-state index contributed by atoms with van der Waals surface area (Å²) in [5.41, 5.74) is 1.29. The fraction of sp³-hybridized carbons (Fsp3) is 0.238. The summed E-state index contributed by atoms with van der Waals surface area (Å²) in [6, 6.07) is 10.2. The maximum atomic E-state index is 12.6. The van der Waals surface area contributed by atoms with Gasteiger partial charge in [0.2, 0.25) is 0 Å². The molecule has 9 heteroatoms. The number of hydrogen-bond acceptors (Lipinski definition) is 5. The van der Waals surface area contributed by atoms with E-state index in [-0.39, 0.29) is 24.0 Å². The van der Waals surface area contributed by atoms with E-state index in [1.807, 2.05) is 13.8 Å². The largest absolute Gasteiger partial charge is 0.489 e. The smallest absolute Gasteiger partial charge is 0.329 e. The standard InChI is InChI=1S/C21H20ClN3O5/c1-3-13(2)30-19-9-6-15(10-17(19)22)11-18-20(26)24(21(27)23-18)12-14-4-7-16(8-5-14)25(28)29/h4-11,13H,3,12H2,1-2H3,(H,23,27)/b18-11-/t13-/m0/s1. The van der Waals surface area contributed by atoms with Crippen molar-refractivity contribution in [2.45, 2.75) is 32.9 Å². The van der Waals surface area contributed by atoms with Crippen molar-refractivity contribution in [2.75, 3.05) is 0 Å². The molecule has 156 valence electrons. The molecule has 1 N–H and O–H groups in total. The van der Waals surface area contributed by atoms with Crippen LogP contribution in [0.3, 0.4) is 0 Å². The molecule has 2 aromatic rings. The molecule has 1 aliphatic heterocycles. The Kier molecular flexibility index (Phi) is 6.37. The molecule has 1 aliphatic rings. The normalized spacial score (nSPS) is 16.0. The van der Waals surface area contributed by atoms with Crippen molar-refractivity contribution in [2.24, 2.45) is 0 Å². The van der Waals surface area contributed by atoms with E-state index in [9.17, 15) is 19.7 Å². The number of urea groups is 1. The van der Waals surface area contributed by atoms with Gasteiger partial charge in [-0.1, -0.05) is 36.7 Å². The molecule has 3 amide bonds. The number of nitrogens with one attached hydrogen (secondary N) is 1. The van der Waals surface area contributed by atoms with E-state index < -0.39 is 16.9 Å². The third-order valence-corrected chi connectivity index (χ3v) is 4.92. The monoisotopic (exact) mass is 429 g/mol. The van der Waals surface area contributed by atoms with Crippen LogP contribution in [0.4, 0.5) is 10.5 Å². The Hall–Kier alpha value is -3.39. The number of carbonyl (C=O) groups is 2. The summed E-state index contributed by atoms with van der Waals surface area (Å²) in [5.74, 6) is 0.0594. The van der Waals surface area contributed by atoms with Gasteiger partial charge < -0.3 is 10.1 Å². The van der Waals surface area contributed by atoms with Crippen molar-refractivity contribution >= 4 is 35.3 Å². The van der Waals surface area contributed by atoms with Gasteiger partial charge in [-0.05, 0) is 42.7 Å². The Morgan fingerprint density at radius 1 is 1.23 bits per heavy atom. The Bertz CT molecular complexity index is 1020. The lowest BCUT2D eigenvalue weighted by Gasteiger charge is -2.14. The predicted octanol–water partition coefficient (Wildman–Crippen LogP) is 4.52. The molecule has 1 atom stereocenters. The van der Waals surface area contributed by atoms with E-state index in [1.54, 1.807) is 18.2 Å². The van der Waals surface area contributed by atoms with Crippen molar-refractivity contribution in [1.82, 2.24) is 10.2 Å². The number of nitro benzene ring substituents is 1. The first-order valence-corrected chi connectivity index (χ1v) is 9.70. The molecule has 0 radical (unpaired) electrons. The van der Waals surface area contributed by atoms with Crippen LogP contribution in [0.25, 0.3) is 6.08 Å². The lowest BCUT2D eigenvalue weighted by Crippen LogP contribution is -2.30. The lowest BCUT2D eigenvalue weighted by molar-refractivity contribution is -0.384. The number of nitrogens with zero attached hydrogens (tertiary/aromatic N) is 2. The van der Waals surface area contributed by atoms with Crippen molar-refractivity contribution in [3.63, 3.8) is 0 Å². The highest BCUT2D eigenvalue weighted by Crippen LogP contribution is 2.28. The van der Waals surface area contributed by atoms with Crippen molar-refractivity contribution < 1.29 is 19.2 Å². The molecule has 2 aromatic carbocycles. The molecular formula is C21H20ClN3O5. The minimum absolute atomic E-state index is 0.00242. The highest BCUT2D eigenvalue weighted by atomic mass is 35.5.